The van der Waals surface area contributed by atoms with Crippen LogP contribution < -0.4 is 0 Å². The lowest BCUT2D eigenvalue weighted by atomic mass is 9.79. The molecule has 1 spiro atoms. The van der Waals surface area contributed by atoms with Gasteiger partial charge in [-0.15, -0.1) is 0 Å². The molecule has 2 unspecified atom stereocenters. The third kappa shape index (κ3) is 2.76. The van der Waals surface area contributed by atoms with Crippen molar-refractivity contribution in [1.82, 2.24) is 9.55 Å². The topological polar surface area (TPSA) is 47.3 Å². The molecule has 0 amide bonds. The van der Waals surface area contributed by atoms with Crippen LogP contribution in [0, 0.1) is 5.92 Å². The Hall–Kier alpha value is -0.520. The fraction of sp³-hybridized carbons (Fsp3) is 0.812. The molecule has 4 rings (SSSR count). The molecule has 21 heavy (non-hydrogen) atoms. The van der Waals surface area contributed by atoms with Gasteiger partial charge >= 0.3 is 0 Å². The third-order valence-corrected chi connectivity index (χ3v) is 6.31. The van der Waals surface area contributed by atoms with Crippen LogP contribution in [0.3, 0.4) is 0 Å². The highest BCUT2D eigenvalue weighted by Gasteiger charge is 2.42. The minimum Gasteiger partial charge on any atom is -0.387 e. The van der Waals surface area contributed by atoms with E-state index < -0.39 is 0 Å². The van der Waals surface area contributed by atoms with Gasteiger partial charge in [0.25, 0.3) is 0 Å². The zero-order valence-corrected chi connectivity index (χ0v) is 13.2. The van der Waals surface area contributed by atoms with Crippen LogP contribution in [-0.2, 0) is 4.74 Å². The third-order valence-electron chi connectivity index (χ3n) is 5.32. The van der Waals surface area contributed by atoms with Crippen molar-refractivity contribution in [3.8, 4) is 0 Å². The second-order valence-corrected chi connectivity index (χ2v) is 8.02. The molecular formula is C16H24N2O2S. The van der Waals surface area contributed by atoms with E-state index in [9.17, 15) is 5.11 Å². The van der Waals surface area contributed by atoms with Crippen molar-refractivity contribution in [2.45, 2.75) is 56.3 Å². The molecule has 5 heteroatoms. The van der Waals surface area contributed by atoms with Gasteiger partial charge in [-0.05, 0) is 55.9 Å². The summed E-state index contributed by atoms with van der Waals surface area (Å²) in [4.78, 5) is 4.27. The first-order chi connectivity index (χ1) is 10.3. The second-order valence-electron chi connectivity index (χ2n) is 6.80. The average Bonchev–Trinajstić information content (AvgIpc) is 3.24. The first-order valence-corrected chi connectivity index (χ1v) is 9.34. The van der Waals surface area contributed by atoms with E-state index in [-0.39, 0.29) is 11.7 Å². The summed E-state index contributed by atoms with van der Waals surface area (Å²) in [6.45, 7) is 0.796. The van der Waals surface area contributed by atoms with Gasteiger partial charge in [0.2, 0.25) is 0 Å². The maximum Gasteiger partial charge on any atom is 0.0985 e. The standard InChI is InChI=1S/C16H24N2O2S/c19-15(14-10-17-11-18(14)13-1-2-13)12-3-6-20-16(9-12)4-7-21-8-5-16/h10-13,15,19H,1-9H2. The highest BCUT2D eigenvalue weighted by atomic mass is 32.2. The highest BCUT2D eigenvalue weighted by Crippen LogP contribution is 2.45. The van der Waals surface area contributed by atoms with Crippen molar-refractivity contribution in [2.75, 3.05) is 18.1 Å². The predicted octanol–water partition coefficient (Wildman–Crippen LogP) is 2.94. The molecule has 0 bridgehead atoms. The number of hydrogen-bond acceptors (Lipinski definition) is 4. The minimum atomic E-state index is -0.386. The van der Waals surface area contributed by atoms with Crippen molar-refractivity contribution in [2.24, 2.45) is 5.92 Å². The number of aliphatic hydroxyl groups is 1. The van der Waals surface area contributed by atoms with Crippen molar-refractivity contribution < 1.29 is 9.84 Å². The number of aliphatic hydroxyl groups excluding tert-OH is 1. The van der Waals surface area contributed by atoms with E-state index in [0.29, 0.717) is 12.0 Å². The Morgan fingerprint density at radius 2 is 2.14 bits per heavy atom. The summed E-state index contributed by atoms with van der Waals surface area (Å²) in [5, 5.41) is 10.9. The van der Waals surface area contributed by atoms with Gasteiger partial charge in [0.1, 0.15) is 0 Å². The Kier molecular flexibility index (Phi) is 3.76. The van der Waals surface area contributed by atoms with Gasteiger partial charge in [0.15, 0.2) is 0 Å². The van der Waals surface area contributed by atoms with E-state index in [1.54, 1.807) is 0 Å². The van der Waals surface area contributed by atoms with E-state index in [2.05, 4.69) is 9.55 Å². The fourth-order valence-corrected chi connectivity index (χ4v) is 5.11. The molecule has 2 atom stereocenters. The SMILES string of the molecule is OC(c1cncn1C1CC1)C1CCOC2(CCSCC2)C1. The quantitative estimate of drug-likeness (QED) is 0.932. The number of hydrogen-bond donors (Lipinski definition) is 1. The summed E-state index contributed by atoms with van der Waals surface area (Å²) in [5.74, 6) is 2.71. The largest absolute Gasteiger partial charge is 0.387 e. The van der Waals surface area contributed by atoms with Gasteiger partial charge in [-0.1, -0.05) is 0 Å². The van der Waals surface area contributed by atoms with Crippen molar-refractivity contribution >= 4 is 11.8 Å². The van der Waals surface area contributed by atoms with E-state index in [1.807, 2.05) is 24.3 Å². The van der Waals surface area contributed by atoms with E-state index in [4.69, 9.17) is 4.74 Å². The first-order valence-electron chi connectivity index (χ1n) is 8.19. The van der Waals surface area contributed by atoms with Crippen LogP contribution in [0.25, 0.3) is 0 Å². The second kappa shape index (κ2) is 5.60. The number of nitrogens with zero attached hydrogens (tertiary/aromatic N) is 2. The first kappa shape index (κ1) is 14.1. The number of rotatable bonds is 3. The van der Waals surface area contributed by atoms with Crippen molar-refractivity contribution in [3.05, 3.63) is 18.2 Å². The molecule has 1 aromatic rings. The van der Waals surface area contributed by atoms with E-state index in [1.165, 1.54) is 24.3 Å². The molecule has 3 fully saturated rings. The minimum absolute atomic E-state index is 0.0412. The lowest BCUT2D eigenvalue weighted by molar-refractivity contribution is -0.122. The van der Waals surface area contributed by atoms with Gasteiger partial charge in [-0.25, -0.2) is 4.98 Å². The van der Waals surface area contributed by atoms with Gasteiger partial charge in [-0.3, -0.25) is 0 Å². The number of aromatic nitrogens is 2. The van der Waals surface area contributed by atoms with Crippen LogP contribution in [-0.4, -0.2) is 38.4 Å². The van der Waals surface area contributed by atoms with Gasteiger partial charge < -0.3 is 14.4 Å². The van der Waals surface area contributed by atoms with Crippen LogP contribution in [0.1, 0.15) is 56.4 Å². The lowest BCUT2D eigenvalue weighted by Gasteiger charge is -2.44. The Bertz CT molecular complexity index is 489. The maximum absolute atomic E-state index is 10.9. The molecular weight excluding hydrogens is 284 g/mol. The molecule has 2 aliphatic heterocycles. The van der Waals surface area contributed by atoms with Gasteiger partial charge in [0.05, 0.1) is 29.9 Å². The normalized spacial score (nSPS) is 30.4. The Labute approximate surface area is 130 Å². The molecule has 1 saturated carbocycles. The highest BCUT2D eigenvalue weighted by molar-refractivity contribution is 7.99. The zero-order valence-electron chi connectivity index (χ0n) is 12.4. The summed E-state index contributed by atoms with van der Waals surface area (Å²) in [7, 11) is 0. The fourth-order valence-electron chi connectivity index (χ4n) is 3.87. The summed E-state index contributed by atoms with van der Waals surface area (Å²) in [6, 6.07) is 0.581. The number of ether oxygens (including phenoxy) is 1. The summed E-state index contributed by atoms with van der Waals surface area (Å²) in [5.41, 5.74) is 1.06. The van der Waals surface area contributed by atoms with Gasteiger partial charge in [-0.2, -0.15) is 11.8 Å². The molecule has 1 aromatic heterocycles. The molecule has 0 aromatic carbocycles. The molecule has 3 aliphatic rings. The molecule has 2 saturated heterocycles. The number of imidazole rings is 1. The van der Waals surface area contributed by atoms with Crippen LogP contribution in [0.2, 0.25) is 0 Å². The summed E-state index contributed by atoms with van der Waals surface area (Å²) >= 11 is 2.03. The van der Waals surface area contributed by atoms with Crippen LogP contribution >= 0.6 is 11.8 Å². The van der Waals surface area contributed by atoms with E-state index in [0.717, 1.165) is 38.0 Å². The number of thioether (sulfide) groups is 1. The van der Waals surface area contributed by atoms with Gasteiger partial charge in [0, 0.05) is 12.6 Å². The Balaban J connectivity index is 1.50. The molecule has 116 valence electrons. The average molecular weight is 308 g/mol. The smallest absolute Gasteiger partial charge is 0.0985 e. The van der Waals surface area contributed by atoms with Crippen molar-refractivity contribution in [1.29, 1.82) is 0 Å². The zero-order chi connectivity index (χ0) is 14.3. The van der Waals surface area contributed by atoms with Crippen LogP contribution in [0.15, 0.2) is 12.5 Å². The summed E-state index contributed by atoms with van der Waals surface area (Å²) in [6.07, 6.45) is 10.1. The molecule has 0 radical (unpaired) electrons. The predicted molar refractivity (Wildman–Crippen MR) is 83.4 cm³/mol. The molecule has 3 heterocycles. The summed E-state index contributed by atoms with van der Waals surface area (Å²) < 4.78 is 8.35. The Morgan fingerprint density at radius 3 is 2.90 bits per heavy atom. The lowest BCUT2D eigenvalue weighted by Crippen LogP contribution is -2.44. The molecule has 1 aliphatic carbocycles. The molecule has 1 N–H and O–H groups in total. The van der Waals surface area contributed by atoms with Crippen LogP contribution in [0.5, 0.6) is 0 Å². The van der Waals surface area contributed by atoms with Crippen molar-refractivity contribution in [3.63, 3.8) is 0 Å². The molecule has 4 nitrogen and oxygen atoms in total. The maximum atomic E-state index is 10.9. The Morgan fingerprint density at radius 1 is 1.33 bits per heavy atom. The van der Waals surface area contributed by atoms with E-state index >= 15 is 0 Å². The monoisotopic (exact) mass is 308 g/mol. The van der Waals surface area contributed by atoms with Crippen LogP contribution in [0.4, 0.5) is 0 Å².